The number of aromatic carboxylic acids is 1. The quantitative estimate of drug-likeness (QED) is 0.689. The summed E-state index contributed by atoms with van der Waals surface area (Å²) in [7, 11) is -3.93. The molecular weight excluding hydrogens is 274 g/mol. The summed E-state index contributed by atoms with van der Waals surface area (Å²) < 4.78 is 25.8. The number of carboxylic acids is 1. The number of aromatic nitrogens is 2. The third-order valence-corrected chi connectivity index (χ3v) is 5.09. The number of aliphatic hydroxyl groups excluding tert-OH is 1. The van der Waals surface area contributed by atoms with E-state index >= 15 is 0 Å². The van der Waals surface area contributed by atoms with E-state index < -0.39 is 27.1 Å². The van der Waals surface area contributed by atoms with Crippen molar-refractivity contribution in [2.24, 2.45) is 5.92 Å². The monoisotopic (exact) mass is 289 g/mol. The van der Waals surface area contributed by atoms with Crippen LogP contribution in [0.25, 0.3) is 0 Å². The van der Waals surface area contributed by atoms with Crippen molar-refractivity contribution in [3.8, 4) is 0 Å². The molecule has 0 amide bonds. The molecule has 2 atom stereocenters. The smallest absolute Gasteiger partial charge is 0.340 e. The molecule has 1 aliphatic rings. The minimum absolute atomic E-state index is 0.154. The van der Waals surface area contributed by atoms with Crippen molar-refractivity contribution < 1.29 is 23.4 Å². The van der Waals surface area contributed by atoms with Crippen molar-refractivity contribution in [3.05, 3.63) is 11.8 Å². The van der Waals surface area contributed by atoms with Crippen LogP contribution in [0.1, 0.15) is 23.7 Å². The lowest BCUT2D eigenvalue weighted by atomic mass is 9.99. The summed E-state index contributed by atoms with van der Waals surface area (Å²) in [6.45, 7) is 2.06. The average molecular weight is 289 g/mol. The van der Waals surface area contributed by atoms with E-state index in [1.54, 1.807) is 6.92 Å². The third kappa shape index (κ3) is 2.48. The Hall–Kier alpha value is -1.45. The van der Waals surface area contributed by atoms with Crippen LogP contribution in [-0.2, 0) is 10.0 Å². The molecule has 0 aromatic carbocycles. The number of rotatable bonds is 3. The van der Waals surface area contributed by atoms with Crippen molar-refractivity contribution in [2.75, 3.05) is 13.1 Å². The zero-order valence-corrected chi connectivity index (χ0v) is 11.1. The molecule has 1 saturated heterocycles. The number of nitrogens with one attached hydrogen (secondary N) is 1. The van der Waals surface area contributed by atoms with Crippen molar-refractivity contribution in [1.29, 1.82) is 0 Å². The lowest BCUT2D eigenvalue weighted by molar-refractivity contribution is 0.0623. The molecule has 9 heteroatoms. The molecule has 0 saturated carbocycles. The number of carbonyl (C=O) groups is 1. The molecule has 2 heterocycles. The largest absolute Gasteiger partial charge is 0.478 e. The van der Waals surface area contributed by atoms with Gasteiger partial charge in [-0.05, 0) is 12.3 Å². The highest BCUT2D eigenvalue weighted by atomic mass is 32.2. The average Bonchev–Trinajstić information content (AvgIpc) is 2.82. The first kappa shape index (κ1) is 14.0. The fourth-order valence-electron chi connectivity index (χ4n) is 2.07. The van der Waals surface area contributed by atoms with Gasteiger partial charge < -0.3 is 10.2 Å². The topological polar surface area (TPSA) is 124 Å². The molecule has 2 rings (SSSR count). The number of nitrogens with zero attached hydrogens (tertiary/aromatic N) is 2. The van der Waals surface area contributed by atoms with Crippen LogP contribution in [0.15, 0.2) is 11.2 Å². The number of H-pyrrole nitrogens is 1. The molecule has 0 aliphatic carbocycles. The second kappa shape index (κ2) is 4.91. The van der Waals surface area contributed by atoms with Gasteiger partial charge in [0.15, 0.2) is 5.03 Å². The van der Waals surface area contributed by atoms with Gasteiger partial charge in [-0.15, -0.1) is 0 Å². The van der Waals surface area contributed by atoms with Crippen LogP contribution in [-0.4, -0.2) is 58.3 Å². The van der Waals surface area contributed by atoms with Gasteiger partial charge in [0.05, 0.1) is 12.3 Å². The van der Waals surface area contributed by atoms with E-state index in [1.165, 1.54) is 4.31 Å². The number of aliphatic hydroxyl groups is 1. The van der Waals surface area contributed by atoms with Crippen molar-refractivity contribution >= 4 is 16.0 Å². The Morgan fingerprint density at radius 3 is 2.84 bits per heavy atom. The number of hydrogen-bond donors (Lipinski definition) is 3. The van der Waals surface area contributed by atoms with Gasteiger partial charge in [0.25, 0.3) is 10.0 Å². The van der Waals surface area contributed by atoms with Gasteiger partial charge in [0.1, 0.15) is 5.56 Å². The van der Waals surface area contributed by atoms with Crippen molar-refractivity contribution in [2.45, 2.75) is 24.5 Å². The molecule has 19 heavy (non-hydrogen) atoms. The fourth-order valence-corrected chi connectivity index (χ4v) is 3.69. The Bertz CT molecular complexity index is 582. The minimum Gasteiger partial charge on any atom is -0.478 e. The molecule has 3 N–H and O–H groups in total. The first-order chi connectivity index (χ1) is 8.84. The van der Waals surface area contributed by atoms with Gasteiger partial charge in [-0.1, -0.05) is 6.92 Å². The van der Waals surface area contributed by atoms with Gasteiger partial charge in [-0.3, -0.25) is 5.10 Å². The number of hydrogen-bond acceptors (Lipinski definition) is 5. The van der Waals surface area contributed by atoms with E-state index in [-0.39, 0.29) is 24.6 Å². The summed E-state index contributed by atoms with van der Waals surface area (Å²) in [6.07, 6.45) is 0.765. The van der Waals surface area contributed by atoms with E-state index in [2.05, 4.69) is 10.2 Å². The highest BCUT2D eigenvalue weighted by Crippen LogP contribution is 2.24. The Kier molecular flexibility index (Phi) is 3.61. The summed E-state index contributed by atoms with van der Waals surface area (Å²) in [4.78, 5) is 10.9. The van der Waals surface area contributed by atoms with Crippen LogP contribution >= 0.6 is 0 Å². The first-order valence-electron chi connectivity index (χ1n) is 5.79. The highest BCUT2D eigenvalue weighted by Gasteiger charge is 2.35. The number of carboxylic acid groups (broad SMARTS) is 1. The van der Waals surface area contributed by atoms with Crippen molar-refractivity contribution in [1.82, 2.24) is 14.5 Å². The second-order valence-electron chi connectivity index (χ2n) is 4.61. The molecule has 0 bridgehead atoms. The molecule has 106 valence electrons. The summed E-state index contributed by atoms with van der Waals surface area (Å²) in [5.74, 6) is -1.54. The summed E-state index contributed by atoms with van der Waals surface area (Å²) >= 11 is 0. The lowest BCUT2D eigenvalue weighted by Crippen LogP contribution is -2.45. The van der Waals surface area contributed by atoms with Crippen LogP contribution in [0.5, 0.6) is 0 Å². The molecule has 1 aromatic rings. The van der Waals surface area contributed by atoms with Crippen LogP contribution in [0, 0.1) is 5.92 Å². The lowest BCUT2D eigenvalue weighted by Gasteiger charge is -2.33. The van der Waals surface area contributed by atoms with E-state index in [0.717, 1.165) is 6.20 Å². The number of piperidine rings is 1. The molecule has 0 spiro atoms. The maximum Gasteiger partial charge on any atom is 0.340 e. The third-order valence-electron chi connectivity index (χ3n) is 3.26. The summed E-state index contributed by atoms with van der Waals surface area (Å²) in [5, 5.41) is 23.8. The SMILES string of the molecule is CC1CN(S(=O)(=O)c2[nH]ncc2C(=O)O)CCC1O. The van der Waals surface area contributed by atoms with Crippen LogP contribution < -0.4 is 0 Å². The molecule has 1 aliphatic heterocycles. The van der Waals surface area contributed by atoms with E-state index in [1.807, 2.05) is 0 Å². The van der Waals surface area contributed by atoms with E-state index in [9.17, 15) is 18.3 Å². The normalized spacial score (nSPS) is 25.4. The molecule has 1 fully saturated rings. The Morgan fingerprint density at radius 2 is 2.26 bits per heavy atom. The van der Waals surface area contributed by atoms with Gasteiger partial charge in [0, 0.05) is 13.1 Å². The Labute approximate surface area is 110 Å². The molecular formula is C10H15N3O5S. The zero-order valence-electron chi connectivity index (χ0n) is 10.3. The standard InChI is InChI=1S/C10H15N3O5S/c1-6-5-13(3-2-8(6)14)19(17,18)9-7(10(15)16)4-11-12-9/h4,6,8,14H,2-3,5H2,1H3,(H,11,12)(H,15,16). The Morgan fingerprint density at radius 1 is 1.58 bits per heavy atom. The summed E-state index contributed by atoms with van der Waals surface area (Å²) in [6, 6.07) is 0. The van der Waals surface area contributed by atoms with Gasteiger partial charge in [0.2, 0.25) is 0 Å². The number of aromatic amines is 1. The molecule has 0 radical (unpaired) electrons. The first-order valence-corrected chi connectivity index (χ1v) is 7.23. The zero-order chi connectivity index (χ0) is 14.2. The fraction of sp³-hybridized carbons (Fsp3) is 0.600. The van der Waals surface area contributed by atoms with E-state index in [4.69, 9.17) is 5.11 Å². The molecule has 1 aromatic heterocycles. The van der Waals surface area contributed by atoms with Gasteiger partial charge >= 0.3 is 5.97 Å². The molecule has 2 unspecified atom stereocenters. The van der Waals surface area contributed by atoms with Crippen LogP contribution in [0.2, 0.25) is 0 Å². The maximum absolute atomic E-state index is 12.3. The van der Waals surface area contributed by atoms with Crippen LogP contribution in [0.3, 0.4) is 0 Å². The van der Waals surface area contributed by atoms with Crippen LogP contribution in [0.4, 0.5) is 0 Å². The predicted molar refractivity (Wildman–Crippen MR) is 64.1 cm³/mol. The second-order valence-corrected chi connectivity index (χ2v) is 6.49. The minimum atomic E-state index is -3.93. The van der Waals surface area contributed by atoms with Gasteiger partial charge in [-0.25, -0.2) is 13.2 Å². The summed E-state index contributed by atoms with van der Waals surface area (Å²) in [5.41, 5.74) is -0.376. The molecule has 8 nitrogen and oxygen atoms in total. The highest BCUT2D eigenvalue weighted by molar-refractivity contribution is 7.89. The van der Waals surface area contributed by atoms with E-state index in [0.29, 0.717) is 6.42 Å². The van der Waals surface area contributed by atoms with Crippen molar-refractivity contribution in [3.63, 3.8) is 0 Å². The number of sulfonamides is 1. The Balaban J connectivity index is 2.33. The predicted octanol–water partition coefficient (Wildman–Crippen LogP) is -0.501. The maximum atomic E-state index is 12.3. The van der Waals surface area contributed by atoms with Gasteiger partial charge in [-0.2, -0.15) is 9.40 Å².